The van der Waals surface area contributed by atoms with Crippen molar-refractivity contribution in [1.82, 2.24) is 9.88 Å². The smallest absolute Gasteiger partial charge is 0.248 e. The molecule has 1 amide bonds. The van der Waals surface area contributed by atoms with Crippen LogP contribution in [-0.2, 0) is 4.79 Å². The zero-order chi connectivity index (χ0) is 18.4. The maximum atomic E-state index is 12.1. The molecule has 0 fully saturated rings. The van der Waals surface area contributed by atoms with E-state index in [9.17, 15) is 4.79 Å². The highest BCUT2D eigenvalue weighted by Gasteiger charge is 2.13. The van der Waals surface area contributed by atoms with Gasteiger partial charge in [0.15, 0.2) is 0 Å². The van der Waals surface area contributed by atoms with E-state index in [4.69, 9.17) is 21.6 Å². The average molecular weight is 395 g/mol. The van der Waals surface area contributed by atoms with Gasteiger partial charge in [0.1, 0.15) is 11.8 Å². The molecule has 138 valence electrons. The molecule has 1 aromatic carbocycles. The Morgan fingerprint density at radius 1 is 1.46 bits per heavy atom. The van der Waals surface area contributed by atoms with E-state index < -0.39 is 0 Å². The molecule has 0 saturated carbocycles. The second-order valence-electron chi connectivity index (χ2n) is 5.55. The van der Waals surface area contributed by atoms with Crippen LogP contribution in [0.15, 0.2) is 30.5 Å². The molecule has 0 aliphatic carbocycles. The summed E-state index contributed by atoms with van der Waals surface area (Å²) in [5.74, 6) is 0.223. The van der Waals surface area contributed by atoms with Gasteiger partial charge in [0, 0.05) is 30.3 Å². The van der Waals surface area contributed by atoms with E-state index in [2.05, 4.69) is 10.3 Å². The molecule has 0 aliphatic rings. The lowest BCUT2D eigenvalue weighted by molar-refractivity contribution is -0.111. The zero-order valence-corrected chi connectivity index (χ0v) is 16.3. The SMILES string of the molecule is CCOc1cc2ncc(C#N)c(Cl)c2cc1NC(=O)/C=C/CN(C)C.Cl. The van der Waals surface area contributed by atoms with Crippen LogP contribution in [0.25, 0.3) is 10.9 Å². The number of amides is 1. The fraction of sp³-hybridized carbons (Fsp3) is 0.278. The molecule has 0 unspecified atom stereocenters. The van der Waals surface area contributed by atoms with Crippen LogP contribution < -0.4 is 10.1 Å². The first-order chi connectivity index (χ1) is 12.0. The molecule has 1 N–H and O–H groups in total. The summed E-state index contributed by atoms with van der Waals surface area (Å²) in [5, 5.41) is 12.8. The zero-order valence-electron chi connectivity index (χ0n) is 14.7. The number of likely N-dealkylation sites (N-methyl/N-ethyl adjacent to an activating group) is 1. The lowest BCUT2D eigenvalue weighted by Gasteiger charge is -2.13. The fourth-order valence-corrected chi connectivity index (χ4v) is 2.43. The number of pyridine rings is 1. The van der Waals surface area contributed by atoms with Crippen LogP contribution in [0.2, 0.25) is 5.02 Å². The van der Waals surface area contributed by atoms with Gasteiger partial charge < -0.3 is 15.0 Å². The molecule has 1 aromatic heterocycles. The molecule has 26 heavy (non-hydrogen) atoms. The van der Waals surface area contributed by atoms with Crippen LogP contribution in [0.3, 0.4) is 0 Å². The Morgan fingerprint density at radius 2 is 2.19 bits per heavy atom. The minimum Gasteiger partial charge on any atom is -0.492 e. The van der Waals surface area contributed by atoms with Crippen molar-refractivity contribution >= 4 is 46.5 Å². The summed E-state index contributed by atoms with van der Waals surface area (Å²) in [5.41, 5.74) is 1.35. The third-order valence-electron chi connectivity index (χ3n) is 3.32. The number of nitrogens with one attached hydrogen (secondary N) is 1. The van der Waals surface area contributed by atoms with Gasteiger partial charge in [-0.25, -0.2) is 0 Å². The summed E-state index contributed by atoms with van der Waals surface area (Å²) in [6, 6.07) is 5.37. The number of carbonyl (C=O) groups excluding carboxylic acids is 1. The maximum Gasteiger partial charge on any atom is 0.248 e. The molecular weight excluding hydrogens is 375 g/mol. The molecule has 0 radical (unpaired) electrons. The lowest BCUT2D eigenvalue weighted by Crippen LogP contribution is -2.13. The van der Waals surface area contributed by atoms with Crippen LogP contribution in [0.5, 0.6) is 5.75 Å². The van der Waals surface area contributed by atoms with Gasteiger partial charge in [-0.05, 0) is 27.1 Å². The number of ether oxygens (including phenoxy) is 1. The molecule has 0 spiro atoms. The summed E-state index contributed by atoms with van der Waals surface area (Å²) in [6.07, 6.45) is 4.65. The molecular formula is C18H20Cl2N4O2. The highest BCUT2D eigenvalue weighted by molar-refractivity contribution is 6.36. The summed E-state index contributed by atoms with van der Waals surface area (Å²) in [7, 11) is 3.83. The van der Waals surface area contributed by atoms with Gasteiger partial charge in [-0.3, -0.25) is 9.78 Å². The Kier molecular flexibility index (Phi) is 8.33. The largest absolute Gasteiger partial charge is 0.492 e. The number of carbonyl (C=O) groups is 1. The summed E-state index contributed by atoms with van der Waals surface area (Å²) in [6.45, 7) is 2.95. The van der Waals surface area contributed by atoms with Crippen molar-refractivity contribution in [2.24, 2.45) is 0 Å². The Hall–Kier alpha value is -2.33. The average Bonchev–Trinajstić information content (AvgIpc) is 2.56. The molecule has 0 saturated heterocycles. The molecule has 0 atom stereocenters. The quantitative estimate of drug-likeness (QED) is 0.756. The number of nitrogens with zero attached hydrogens (tertiary/aromatic N) is 3. The second kappa shape index (κ2) is 9.97. The Balaban J connectivity index is 0.00000338. The minimum atomic E-state index is -0.275. The molecule has 1 heterocycles. The van der Waals surface area contributed by atoms with Crippen molar-refractivity contribution in [2.45, 2.75) is 6.92 Å². The van der Waals surface area contributed by atoms with Crippen LogP contribution in [-0.4, -0.2) is 43.0 Å². The number of rotatable bonds is 6. The van der Waals surface area contributed by atoms with Crippen molar-refractivity contribution < 1.29 is 9.53 Å². The minimum absolute atomic E-state index is 0. The predicted molar refractivity (Wildman–Crippen MR) is 106 cm³/mol. The van der Waals surface area contributed by atoms with Crippen molar-refractivity contribution in [3.05, 3.63) is 41.1 Å². The van der Waals surface area contributed by atoms with Crippen molar-refractivity contribution in [2.75, 3.05) is 32.6 Å². The van der Waals surface area contributed by atoms with E-state index in [0.717, 1.165) is 0 Å². The number of aromatic nitrogens is 1. The van der Waals surface area contributed by atoms with Gasteiger partial charge >= 0.3 is 0 Å². The summed E-state index contributed by atoms with van der Waals surface area (Å²) >= 11 is 6.26. The number of nitriles is 1. The van der Waals surface area contributed by atoms with E-state index in [1.54, 1.807) is 18.2 Å². The molecule has 6 nitrogen and oxygen atoms in total. The third-order valence-corrected chi connectivity index (χ3v) is 3.73. The monoisotopic (exact) mass is 394 g/mol. The van der Waals surface area contributed by atoms with Crippen LogP contribution in [0.1, 0.15) is 12.5 Å². The van der Waals surface area contributed by atoms with Crippen LogP contribution in [0.4, 0.5) is 5.69 Å². The van der Waals surface area contributed by atoms with Crippen LogP contribution in [0, 0.1) is 11.3 Å². The van der Waals surface area contributed by atoms with E-state index >= 15 is 0 Å². The first kappa shape index (κ1) is 21.7. The van der Waals surface area contributed by atoms with Crippen molar-refractivity contribution in [1.29, 1.82) is 5.26 Å². The predicted octanol–water partition coefficient (Wildman–Crippen LogP) is 3.64. The number of hydrogen-bond acceptors (Lipinski definition) is 5. The van der Waals surface area contributed by atoms with E-state index in [1.807, 2.05) is 32.0 Å². The van der Waals surface area contributed by atoms with Crippen molar-refractivity contribution in [3.63, 3.8) is 0 Å². The first-order valence-electron chi connectivity index (χ1n) is 7.73. The molecule has 2 aromatic rings. The fourth-order valence-electron chi connectivity index (χ4n) is 2.18. The number of fused-ring (bicyclic) bond motifs is 1. The topological polar surface area (TPSA) is 78.2 Å². The summed E-state index contributed by atoms with van der Waals surface area (Å²) < 4.78 is 5.59. The normalized spacial score (nSPS) is 10.6. The molecule has 0 bridgehead atoms. The van der Waals surface area contributed by atoms with Gasteiger partial charge in [-0.1, -0.05) is 17.7 Å². The van der Waals surface area contributed by atoms with Crippen molar-refractivity contribution in [3.8, 4) is 11.8 Å². The van der Waals surface area contributed by atoms with Gasteiger partial charge in [-0.15, -0.1) is 12.4 Å². The highest BCUT2D eigenvalue weighted by atomic mass is 35.5. The Labute approximate surface area is 163 Å². The second-order valence-corrected chi connectivity index (χ2v) is 5.93. The van der Waals surface area contributed by atoms with Gasteiger partial charge in [0.25, 0.3) is 0 Å². The van der Waals surface area contributed by atoms with Gasteiger partial charge in [0.2, 0.25) is 5.91 Å². The number of benzene rings is 1. The third kappa shape index (κ3) is 5.33. The Morgan fingerprint density at radius 3 is 2.81 bits per heavy atom. The van der Waals surface area contributed by atoms with Gasteiger partial charge in [-0.2, -0.15) is 5.26 Å². The highest BCUT2D eigenvalue weighted by Crippen LogP contribution is 2.34. The molecule has 2 rings (SSSR count). The number of anilines is 1. The number of halogens is 2. The lowest BCUT2D eigenvalue weighted by atomic mass is 10.1. The van der Waals surface area contributed by atoms with E-state index in [0.29, 0.717) is 40.5 Å². The first-order valence-corrected chi connectivity index (χ1v) is 8.11. The maximum absolute atomic E-state index is 12.1. The summed E-state index contributed by atoms with van der Waals surface area (Å²) in [4.78, 5) is 18.3. The standard InChI is InChI=1S/C18H19ClN4O2.ClH/c1-4-25-16-9-14-13(18(19)12(10-20)11-21-14)8-15(16)22-17(24)6-5-7-23(2)3;/h5-6,8-9,11H,4,7H2,1-3H3,(H,22,24);1H/b6-5+;. The van der Waals surface area contributed by atoms with Gasteiger partial charge in [0.05, 0.1) is 28.4 Å². The molecule has 0 aliphatic heterocycles. The van der Waals surface area contributed by atoms with E-state index in [1.165, 1.54) is 12.3 Å². The Bertz CT molecular complexity index is 860. The van der Waals surface area contributed by atoms with Crippen LogP contribution >= 0.6 is 24.0 Å². The number of hydrogen-bond donors (Lipinski definition) is 1. The van der Waals surface area contributed by atoms with E-state index in [-0.39, 0.29) is 23.9 Å². The molecule has 8 heteroatoms.